The van der Waals surface area contributed by atoms with E-state index in [9.17, 15) is 0 Å². The Morgan fingerprint density at radius 3 is 1.87 bits per heavy atom. The molecule has 4 nitrogen and oxygen atoms in total. The minimum Gasteiger partial charge on any atom is -0.292 e. The van der Waals surface area contributed by atoms with Crippen LogP contribution in [0.25, 0.3) is 110 Å². The first-order valence-electron chi connectivity index (χ1n) is 17.8. The van der Waals surface area contributed by atoms with Crippen molar-refractivity contribution < 1.29 is 0 Å². The van der Waals surface area contributed by atoms with E-state index in [0.717, 1.165) is 44.7 Å². The highest BCUT2D eigenvalue weighted by atomic mass is 15.0. The largest absolute Gasteiger partial charge is 0.292 e. The van der Waals surface area contributed by atoms with Crippen molar-refractivity contribution >= 4 is 76.6 Å². The molecule has 5 aromatic heterocycles. The molecule has 52 heavy (non-hydrogen) atoms. The lowest BCUT2D eigenvalue weighted by molar-refractivity contribution is 1.31. The number of pyridine rings is 2. The number of para-hydroxylation sites is 2. The smallest absolute Gasteiger partial charge is 0.147 e. The molecule has 0 fully saturated rings. The zero-order valence-corrected chi connectivity index (χ0v) is 28.0. The molecule has 12 rings (SSSR count). The highest BCUT2D eigenvalue weighted by Gasteiger charge is 2.20. The number of imidazole rings is 2. The molecule has 0 aliphatic carbocycles. The van der Waals surface area contributed by atoms with Crippen LogP contribution in [0.15, 0.2) is 170 Å². The average Bonchev–Trinajstić information content (AvgIpc) is 3.90. The van der Waals surface area contributed by atoms with E-state index < -0.39 is 0 Å². The molecule has 0 spiro atoms. The molecule has 0 aliphatic heterocycles. The highest BCUT2D eigenvalue weighted by Crippen LogP contribution is 2.40. The number of aromatic nitrogens is 4. The van der Waals surface area contributed by atoms with Crippen molar-refractivity contribution in [1.82, 2.24) is 18.8 Å². The monoisotopic (exact) mass is 660 g/mol. The lowest BCUT2D eigenvalue weighted by atomic mass is 9.95. The fourth-order valence-corrected chi connectivity index (χ4v) is 8.69. The predicted molar refractivity (Wildman–Crippen MR) is 216 cm³/mol. The zero-order chi connectivity index (χ0) is 33.9. The second-order valence-electron chi connectivity index (χ2n) is 13.8. The van der Waals surface area contributed by atoms with Crippen LogP contribution in [0.4, 0.5) is 0 Å². The van der Waals surface area contributed by atoms with Gasteiger partial charge in [0.1, 0.15) is 11.3 Å². The van der Waals surface area contributed by atoms with Gasteiger partial charge in [0.15, 0.2) is 0 Å². The maximum atomic E-state index is 5.23. The van der Waals surface area contributed by atoms with E-state index in [-0.39, 0.29) is 0 Å². The van der Waals surface area contributed by atoms with Crippen LogP contribution in [-0.4, -0.2) is 18.8 Å². The quantitative estimate of drug-likeness (QED) is 0.177. The molecule has 0 saturated carbocycles. The summed E-state index contributed by atoms with van der Waals surface area (Å²) in [6, 6.07) is 61.3. The van der Waals surface area contributed by atoms with Crippen LogP contribution in [-0.2, 0) is 0 Å². The van der Waals surface area contributed by atoms with Crippen molar-refractivity contribution in [2.45, 2.75) is 0 Å². The lowest BCUT2D eigenvalue weighted by Gasteiger charge is -2.13. The van der Waals surface area contributed by atoms with Crippen molar-refractivity contribution in [2.75, 3.05) is 0 Å². The maximum absolute atomic E-state index is 5.23. The molecule has 0 saturated heterocycles. The summed E-state index contributed by atoms with van der Waals surface area (Å²) in [4.78, 5) is 10.4. The van der Waals surface area contributed by atoms with E-state index in [1.165, 1.54) is 65.4 Å². The van der Waals surface area contributed by atoms with Gasteiger partial charge < -0.3 is 0 Å². The summed E-state index contributed by atoms with van der Waals surface area (Å²) >= 11 is 0. The molecule has 0 bridgehead atoms. The summed E-state index contributed by atoms with van der Waals surface area (Å²) in [6.07, 6.45) is 0. The minimum atomic E-state index is 0.975. The van der Waals surface area contributed by atoms with E-state index in [2.05, 4.69) is 179 Å². The molecule has 240 valence electrons. The first-order valence-corrected chi connectivity index (χ1v) is 17.8. The van der Waals surface area contributed by atoms with E-state index in [1.807, 2.05) is 0 Å². The Morgan fingerprint density at radius 1 is 0.365 bits per heavy atom. The Bertz CT molecular complexity index is 3420. The van der Waals surface area contributed by atoms with Gasteiger partial charge in [-0.25, -0.2) is 9.97 Å². The van der Waals surface area contributed by atoms with Gasteiger partial charge in [-0.05, 0) is 80.9 Å². The third-order valence-corrected chi connectivity index (χ3v) is 11.0. The summed E-state index contributed by atoms with van der Waals surface area (Å²) in [7, 11) is 0. The second kappa shape index (κ2) is 10.3. The third-order valence-electron chi connectivity index (χ3n) is 11.0. The van der Waals surface area contributed by atoms with Gasteiger partial charge >= 0.3 is 0 Å². The molecular weight excluding hydrogens is 633 g/mol. The van der Waals surface area contributed by atoms with Crippen molar-refractivity contribution in [1.29, 1.82) is 0 Å². The second-order valence-corrected chi connectivity index (χ2v) is 13.8. The Hall–Kier alpha value is -7.04. The van der Waals surface area contributed by atoms with E-state index >= 15 is 0 Å². The molecule has 7 aromatic carbocycles. The third kappa shape index (κ3) is 3.75. The van der Waals surface area contributed by atoms with E-state index in [4.69, 9.17) is 9.97 Å². The molecule has 12 aromatic rings. The van der Waals surface area contributed by atoms with Gasteiger partial charge in [0, 0.05) is 27.1 Å². The summed E-state index contributed by atoms with van der Waals surface area (Å²) in [6.45, 7) is 0. The van der Waals surface area contributed by atoms with Crippen LogP contribution in [0.5, 0.6) is 0 Å². The van der Waals surface area contributed by atoms with Gasteiger partial charge in [0.05, 0.1) is 33.3 Å². The van der Waals surface area contributed by atoms with Crippen LogP contribution < -0.4 is 0 Å². The van der Waals surface area contributed by atoms with Gasteiger partial charge in [-0.3, -0.25) is 8.80 Å². The Morgan fingerprint density at radius 2 is 1.00 bits per heavy atom. The fraction of sp³-hybridized carbons (Fsp3) is 0. The number of rotatable bonds is 3. The van der Waals surface area contributed by atoms with Crippen molar-refractivity contribution in [3.8, 4) is 33.5 Å². The summed E-state index contributed by atoms with van der Waals surface area (Å²) in [5.41, 5.74) is 14.4. The standard InChI is InChI=1S/C48H28N4/c1-2-15-35-29(10-1)22-25-38-37-24-23-33(28-43(37)51-42-19-6-5-18-40(42)49-48(51)45(35)38)31-12-7-11-30(26-31)32-13-8-14-34(27-32)46-47-39-17-4-3-16-36(39)41-20-9-21-44(50-46)52(41)47/h1-28H. The number of nitrogens with zero attached hydrogens (tertiary/aromatic N) is 4. The van der Waals surface area contributed by atoms with Crippen LogP contribution in [0.3, 0.4) is 0 Å². The SMILES string of the molecule is c1cc(-c2cccc(-c3nc4cccc5c6ccccc6c3n45)c2)cc(-c2ccc3c4ccc5ccccc5c4c4nc5ccccc5n4c3c2)c1. The van der Waals surface area contributed by atoms with Crippen molar-refractivity contribution in [3.05, 3.63) is 170 Å². The van der Waals surface area contributed by atoms with Crippen LogP contribution in [0.1, 0.15) is 0 Å². The molecule has 5 heterocycles. The highest BCUT2D eigenvalue weighted by molar-refractivity contribution is 6.23. The van der Waals surface area contributed by atoms with Gasteiger partial charge in [0.2, 0.25) is 0 Å². The summed E-state index contributed by atoms with van der Waals surface area (Å²) < 4.78 is 4.66. The average molecular weight is 661 g/mol. The van der Waals surface area contributed by atoms with E-state index in [1.54, 1.807) is 0 Å². The first-order chi connectivity index (χ1) is 25.8. The van der Waals surface area contributed by atoms with Gasteiger partial charge in [-0.2, -0.15) is 0 Å². The Labute approximate surface area is 297 Å². The number of hydrogen-bond donors (Lipinski definition) is 0. The Kier molecular flexibility index (Phi) is 5.47. The summed E-state index contributed by atoms with van der Waals surface area (Å²) in [5, 5.41) is 8.57. The van der Waals surface area contributed by atoms with Gasteiger partial charge in [-0.15, -0.1) is 0 Å². The number of fused-ring (bicyclic) bond motifs is 13. The minimum absolute atomic E-state index is 0.975. The molecule has 0 amide bonds. The number of benzene rings is 7. The molecule has 0 N–H and O–H groups in total. The molecular formula is C48H28N4. The maximum Gasteiger partial charge on any atom is 0.147 e. The van der Waals surface area contributed by atoms with Crippen molar-refractivity contribution in [3.63, 3.8) is 0 Å². The van der Waals surface area contributed by atoms with Gasteiger partial charge in [-0.1, -0.05) is 127 Å². The molecule has 0 unspecified atom stereocenters. The van der Waals surface area contributed by atoms with E-state index in [0.29, 0.717) is 0 Å². The number of hydrogen-bond acceptors (Lipinski definition) is 2. The normalized spacial score (nSPS) is 12.2. The summed E-state index contributed by atoms with van der Waals surface area (Å²) in [5.74, 6) is 0. The first kappa shape index (κ1) is 27.7. The van der Waals surface area contributed by atoms with Crippen LogP contribution in [0.2, 0.25) is 0 Å². The predicted octanol–water partition coefficient (Wildman–Crippen LogP) is 12.3. The molecule has 0 radical (unpaired) electrons. The zero-order valence-electron chi connectivity index (χ0n) is 28.0. The topological polar surface area (TPSA) is 34.6 Å². The van der Waals surface area contributed by atoms with Gasteiger partial charge in [0.25, 0.3) is 0 Å². The molecule has 0 aliphatic rings. The molecule has 0 atom stereocenters. The van der Waals surface area contributed by atoms with Crippen LogP contribution >= 0.6 is 0 Å². The Balaban J connectivity index is 1.04. The lowest BCUT2D eigenvalue weighted by Crippen LogP contribution is -1.93. The molecule has 4 heteroatoms. The fourth-order valence-electron chi connectivity index (χ4n) is 8.69. The van der Waals surface area contributed by atoms with Crippen LogP contribution in [0, 0.1) is 0 Å². The van der Waals surface area contributed by atoms with Crippen molar-refractivity contribution in [2.24, 2.45) is 0 Å².